The number of carbonyl (C=O) groups excluding carboxylic acids is 1. The topological polar surface area (TPSA) is 110 Å². The summed E-state index contributed by atoms with van der Waals surface area (Å²) >= 11 is 0. The predicted molar refractivity (Wildman–Crippen MR) is 239 cm³/mol. The highest BCUT2D eigenvalue weighted by atomic mass is 16.7. The maximum atomic E-state index is 15.1. The smallest absolute Gasteiger partial charge is 0.239 e. The summed E-state index contributed by atoms with van der Waals surface area (Å²) in [5.41, 5.74) is 4.88. The Labute approximate surface area is 360 Å². The maximum absolute atomic E-state index is 15.1. The third kappa shape index (κ3) is 9.06. The minimum absolute atomic E-state index is 0.0807. The summed E-state index contributed by atoms with van der Waals surface area (Å²) in [4.78, 5) is 23.4. The number of aliphatic hydroxyl groups is 2. The first-order valence-electron chi connectivity index (χ1n) is 22.2. The fourth-order valence-corrected chi connectivity index (χ4v) is 10.2. The lowest BCUT2D eigenvalue weighted by Gasteiger charge is -2.60. The molecular weight excluding hydrogens is 765 g/mol. The van der Waals surface area contributed by atoms with Crippen LogP contribution in [0.15, 0.2) is 133 Å². The number of hydrogen-bond donors (Lipinski definition) is 2. The standard InChI is InChI=1S/C52H60N2O7/c1-3-29-58-41-25-26-47-45(32-41)49-43(22-11-13-28-56)39(18-10-12-27-55)31-44-46(53-60-35-36-15-6-5-7-16-36)33-48(52(61-47,50(44)49)59-30-4-2)54(51(57)38-23-24-38)34-40-20-14-19-37-17-8-9-21-42(37)40/h3-9,14-17,19-21,25-26,31-32,38-39,43,48-50,55-56H,1-2,10-13,18,22-24,27-30,33-35H2. The van der Waals surface area contributed by atoms with Crippen molar-refractivity contribution in [2.75, 3.05) is 26.4 Å². The van der Waals surface area contributed by atoms with Gasteiger partial charge >= 0.3 is 0 Å². The van der Waals surface area contributed by atoms with Crippen LogP contribution in [0.5, 0.6) is 11.5 Å². The highest BCUT2D eigenvalue weighted by molar-refractivity contribution is 6.03. The summed E-state index contributed by atoms with van der Waals surface area (Å²) < 4.78 is 20.9. The van der Waals surface area contributed by atoms with Gasteiger partial charge in [-0.15, -0.1) is 6.58 Å². The van der Waals surface area contributed by atoms with E-state index in [9.17, 15) is 10.2 Å². The average Bonchev–Trinajstić information content (AvgIpc) is 4.15. The second kappa shape index (κ2) is 19.7. The molecule has 4 aliphatic rings. The van der Waals surface area contributed by atoms with Gasteiger partial charge in [0, 0.05) is 43.6 Å². The fraction of sp³-hybridized carbons (Fsp3) is 0.423. The van der Waals surface area contributed by atoms with Gasteiger partial charge in [-0.1, -0.05) is 116 Å². The molecular formula is C52H60N2O7. The predicted octanol–water partition coefficient (Wildman–Crippen LogP) is 9.68. The second-order valence-corrected chi connectivity index (χ2v) is 17.0. The van der Waals surface area contributed by atoms with Gasteiger partial charge in [0.1, 0.15) is 30.8 Å². The van der Waals surface area contributed by atoms with Gasteiger partial charge in [-0.05, 0) is 96.0 Å². The van der Waals surface area contributed by atoms with Crippen molar-refractivity contribution in [2.24, 2.45) is 28.8 Å². The van der Waals surface area contributed by atoms with E-state index in [4.69, 9.17) is 24.2 Å². The molecule has 0 bridgehead atoms. The number of carbonyl (C=O) groups is 1. The minimum Gasteiger partial charge on any atom is -0.490 e. The summed E-state index contributed by atoms with van der Waals surface area (Å²) in [7, 11) is 0. The maximum Gasteiger partial charge on any atom is 0.239 e. The Morgan fingerprint density at radius 1 is 0.885 bits per heavy atom. The summed E-state index contributed by atoms with van der Waals surface area (Å²) in [5, 5.41) is 27.2. The van der Waals surface area contributed by atoms with Crippen molar-refractivity contribution >= 4 is 22.4 Å². The molecule has 8 rings (SSSR count). The molecule has 2 saturated carbocycles. The summed E-state index contributed by atoms with van der Waals surface area (Å²) in [6.07, 6.45) is 12.7. The summed E-state index contributed by atoms with van der Waals surface area (Å²) in [6, 6.07) is 30.1. The van der Waals surface area contributed by atoms with Gasteiger partial charge in [0.25, 0.3) is 0 Å². The Balaban J connectivity index is 1.34. The Morgan fingerprint density at radius 2 is 1.64 bits per heavy atom. The molecule has 0 spiro atoms. The second-order valence-electron chi connectivity index (χ2n) is 17.0. The minimum atomic E-state index is -1.33. The van der Waals surface area contributed by atoms with E-state index >= 15 is 4.79 Å². The largest absolute Gasteiger partial charge is 0.490 e. The van der Waals surface area contributed by atoms with Gasteiger partial charge in [0.05, 0.1) is 18.2 Å². The molecule has 1 heterocycles. The number of ether oxygens (including phenoxy) is 3. The number of unbranched alkanes of at least 4 members (excludes halogenated alkanes) is 2. The van der Waals surface area contributed by atoms with E-state index in [2.05, 4.69) is 61.7 Å². The molecule has 4 aromatic carbocycles. The van der Waals surface area contributed by atoms with Gasteiger partial charge in [-0.2, -0.15) is 0 Å². The molecule has 320 valence electrons. The van der Waals surface area contributed by atoms with Crippen molar-refractivity contribution in [3.8, 4) is 11.5 Å². The lowest BCUT2D eigenvalue weighted by Crippen LogP contribution is -2.70. The lowest BCUT2D eigenvalue weighted by molar-refractivity contribution is -0.258. The van der Waals surface area contributed by atoms with Crippen molar-refractivity contribution in [1.82, 2.24) is 4.90 Å². The van der Waals surface area contributed by atoms with Crippen LogP contribution in [0.4, 0.5) is 0 Å². The van der Waals surface area contributed by atoms with Crippen LogP contribution in [0.3, 0.4) is 0 Å². The van der Waals surface area contributed by atoms with Crippen LogP contribution in [0.25, 0.3) is 10.8 Å². The van der Waals surface area contributed by atoms with Crippen molar-refractivity contribution in [3.05, 3.63) is 145 Å². The quantitative estimate of drug-likeness (QED) is 0.0489. The van der Waals surface area contributed by atoms with Gasteiger partial charge in [-0.25, -0.2) is 0 Å². The number of amides is 1. The Morgan fingerprint density at radius 3 is 2.41 bits per heavy atom. The molecule has 61 heavy (non-hydrogen) atoms. The number of fused-ring (bicyclic) bond motifs is 3. The number of allylic oxidation sites excluding steroid dienone is 1. The van der Waals surface area contributed by atoms with E-state index in [1.54, 1.807) is 12.2 Å². The van der Waals surface area contributed by atoms with E-state index in [1.807, 2.05) is 53.4 Å². The van der Waals surface area contributed by atoms with Crippen LogP contribution in [0.1, 0.15) is 80.4 Å². The van der Waals surface area contributed by atoms with Crippen LogP contribution >= 0.6 is 0 Å². The fourth-order valence-electron chi connectivity index (χ4n) is 10.2. The monoisotopic (exact) mass is 824 g/mol. The average molecular weight is 825 g/mol. The molecule has 0 saturated heterocycles. The summed E-state index contributed by atoms with van der Waals surface area (Å²) in [6.45, 7) is 9.45. The molecule has 9 nitrogen and oxygen atoms in total. The highest BCUT2D eigenvalue weighted by Gasteiger charge is 2.66. The molecule has 0 aromatic heterocycles. The molecule has 9 heteroatoms. The molecule has 3 aliphatic carbocycles. The van der Waals surface area contributed by atoms with Crippen molar-refractivity contribution in [1.29, 1.82) is 0 Å². The molecule has 6 unspecified atom stereocenters. The van der Waals surface area contributed by atoms with Gasteiger partial charge in [0.15, 0.2) is 0 Å². The Bertz CT molecular complexity index is 2210. The Kier molecular flexibility index (Phi) is 13.7. The zero-order valence-corrected chi connectivity index (χ0v) is 35.2. The first-order chi connectivity index (χ1) is 30.0. The molecule has 4 aromatic rings. The molecule has 6 atom stereocenters. The molecule has 1 amide bonds. The van der Waals surface area contributed by atoms with E-state index in [1.165, 1.54) is 0 Å². The van der Waals surface area contributed by atoms with E-state index in [-0.39, 0.29) is 49.4 Å². The first-order valence-corrected chi connectivity index (χ1v) is 22.2. The third-order valence-corrected chi connectivity index (χ3v) is 13.1. The summed E-state index contributed by atoms with van der Waals surface area (Å²) in [5.74, 6) is -0.210. The van der Waals surface area contributed by atoms with Crippen LogP contribution < -0.4 is 9.47 Å². The van der Waals surface area contributed by atoms with Gasteiger partial charge < -0.3 is 34.2 Å². The first kappa shape index (κ1) is 42.5. The molecule has 2 N–H and O–H groups in total. The van der Waals surface area contributed by atoms with Gasteiger partial charge in [0.2, 0.25) is 11.7 Å². The number of hydrogen-bond acceptors (Lipinski definition) is 8. The zero-order valence-electron chi connectivity index (χ0n) is 35.2. The highest BCUT2D eigenvalue weighted by Crippen LogP contribution is 2.62. The van der Waals surface area contributed by atoms with Gasteiger partial charge in [-0.3, -0.25) is 4.79 Å². The van der Waals surface area contributed by atoms with Crippen molar-refractivity contribution in [3.63, 3.8) is 0 Å². The van der Waals surface area contributed by atoms with Crippen LogP contribution in [0, 0.1) is 23.7 Å². The van der Waals surface area contributed by atoms with Crippen LogP contribution in [-0.2, 0) is 27.5 Å². The number of oxime groups is 1. The van der Waals surface area contributed by atoms with Crippen LogP contribution in [-0.4, -0.2) is 65.0 Å². The van der Waals surface area contributed by atoms with Crippen molar-refractivity contribution in [2.45, 2.75) is 88.7 Å². The zero-order chi connectivity index (χ0) is 42.2. The number of rotatable bonds is 21. The van der Waals surface area contributed by atoms with E-state index in [0.717, 1.165) is 83.0 Å². The van der Waals surface area contributed by atoms with E-state index < -0.39 is 17.7 Å². The van der Waals surface area contributed by atoms with Crippen molar-refractivity contribution < 1.29 is 34.1 Å². The number of aliphatic hydroxyl groups excluding tert-OH is 2. The molecule has 0 radical (unpaired) electrons. The van der Waals surface area contributed by atoms with E-state index in [0.29, 0.717) is 44.8 Å². The lowest BCUT2D eigenvalue weighted by atomic mass is 9.55. The third-order valence-electron chi connectivity index (χ3n) is 13.1. The molecule has 1 aliphatic heterocycles. The molecule has 2 fully saturated rings. The normalized spacial score (nSPS) is 24.5. The van der Waals surface area contributed by atoms with Crippen LogP contribution in [0.2, 0.25) is 0 Å². The Hall–Kier alpha value is -5.22. The SMILES string of the molecule is C=CCOc1ccc2c(c1)C1C(CCCCO)C(CCCCO)C=C3C(=NOCc4ccccc4)CC(N(Cc4cccc5ccccc45)C(=O)C4CC4)C(OCC=C)(O2)C31. The number of benzene rings is 4. The number of nitrogens with zero attached hydrogens (tertiary/aromatic N) is 2.